The molecule has 3 heteroatoms. The standard InChI is InChI=1S/C16H17F2N/c1-2-6-12-7-3-4-10-16(12)19-11-13-14(17)8-5-9-15(13)18/h3-5,7-10,19H,2,6,11H2,1H3. The maximum atomic E-state index is 13.5. The van der Waals surface area contributed by atoms with E-state index >= 15 is 0 Å². The average molecular weight is 261 g/mol. The van der Waals surface area contributed by atoms with E-state index in [1.807, 2.05) is 24.3 Å². The van der Waals surface area contributed by atoms with Crippen molar-refractivity contribution in [1.29, 1.82) is 0 Å². The van der Waals surface area contributed by atoms with Crippen LogP contribution in [0.1, 0.15) is 24.5 Å². The molecule has 0 saturated carbocycles. The van der Waals surface area contributed by atoms with Crippen LogP contribution in [-0.4, -0.2) is 0 Å². The van der Waals surface area contributed by atoms with Crippen molar-refractivity contribution < 1.29 is 8.78 Å². The van der Waals surface area contributed by atoms with Gasteiger partial charge in [-0.1, -0.05) is 37.6 Å². The predicted octanol–water partition coefficient (Wildman–Crippen LogP) is 4.53. The molecule has 0 spiro atoms. The molecule has 1 nitrogen and oxygen atoms in total. The molecule has 0 atom stereocenters. The summed E-state index contributed by atoms with van der Waals surface area (Å²) in [5, 5.41) is 3.12. The quantitative estimate of drug-likeness (QED) is 0.833. The number of para-hydroxylation sites is 1. The summed E-state index contributed by atoms with van der Waals surface area (Å²) >= 11 is 0. The lowest BCUT2D eigenvalue weighted by Gasteiger charge is -2.12. The zero-order valence-corrected chi connectivity index (χ0v) is 10.9. The minimum Gasteiger partial charge on any atom is -0.381 e. The van der Waals surface area contributed by atoms with Crippen LogP contribution < -0.4 is 5.32 Å². The van der Waals surface area contributed by atoms with E-state index in [9.17, 15) is 8.78 Å². The third kappa shape index (κ3) is 3.31. The Morgan fingerprint density at radius 2 is 1.63 bits per heavy atom. The van der Waals surface area contributed by atoms with Crippen molar-refractivity contribution in [3.05, 3.63) is 65.2 Å². The zero-order valence-electron chi connectivity index (χ0n) is 10.9. The second kappa shape index (κ2) is 6.32. The molecule has 0 aliphatic heterocycles. The highest BCUT2D eigenvalue weighted by Gasteiger charge is 2.08. The predicted molar refractivity (Wildman–Crippen MR) is 74.1 cm³/mol. The van der Waals surface area contributed by atoms with E-state index in [4.69, 9.17) is 0 Å². The van der Waals surface area contributed by atoms with Gasteiger partial charge in [-0.15, -0.1) is 0 Å². The number of benzene rings is 2. The molecular weight excluding hydrogens is 244 g/mol. The third-order valence-electron chi connectivity index (χ3n) is 3.05. The Morgan fingerprint density at radius 3 is 2.32 bits per heavy atom. The number of rotatable bonds is 5. The first-order chi connectivity index (χ1) is 9.22. The maximum absolute atomic E-state index is 13.5. The molecule has 0 bridgehead atoms. The molecule has 0 fully saturated rings. The fourth-order valence-electron chi connectivity index (χ4n) is 2.06. The second-order valence-corrected chi connectivity index (χ2v) is 4.46. The molecule has 100 valence electrons. The Kier molecular flexibility index (Phi) is 4.50. The lowest BCUT2D eigenvalue weighted by molar-refractivity contribution is 0.560. The van der Waals surface area contributed by atoms with Crippen LogP contribution in [-0.2, 0) is 13.0 Å². The molecule has 0 unspecified atom stereocenters. The van der Waals surface area contributed by atoms with Crippen LogP contribution in [0.2, 0.25) is 0 Å². The SMILES string of the molecule is CCCc1ccccc1NCc1c(F)cccc1F. The molecule has 19 heavy (non-hydrogen) atoms. The van der Waals surface area contributed by atoms with Gasteiger partial charge in [0.25, 0.3) is 0 Å². The molecule has 2 rings (SSSR count). The van der Waals surface area contributed by atoms with Crippen LogP contribution >= 0.6 is 0 Å². The minimum atomic E-state index is -0.513. The number of halogens is 2. The molecule has 2 aromatic rings. The summed E-state index contributed by atoms with van der Waals surface area (Å²) < 4.78 is 27.0. The fraction of sp³-hybridized carbons (Fsp3) is 0.250. The Balaban J connectivity index is 2.15. The summed E-state index contributed by atoms with van der Waals surface area (Å²) in [4.78, 5) is 0. The van der Waals surface area contributed by atoms with Crippen molar-refractivity contribution in [3.8, 4) is 0 Å². The smallest absolute Gasteiger partial charge is 0.131 e. The lowest BCUT2D eigenvalue weighted by Crippen LogP contribution is -2.06. The molecule has 0 aliphatic rings. The molecule has 0 heterocycles. The van der Waals surface area contributed by atoms with Crippen molar-refractivity contribution in [2.75, 3.05) is 5.32 Å². The maximum Gasteiger partial charge on any atom is 0.131 e. The summed E-state index contributed by atoms with van der Waals surface area (Å²) in [6.07, 6.45) is 1.98. The lowest BCUT2D eigenvalue weighted by atomic mass is 10.1. The first-order valence-corrected chi connectivity index (χ1v) is 6.47. The number of hydrogen-bond acceptors (Lipinski definition) is 1. The Labute approximate surface area is 112 Å². The Morgan fingerprint density at radius 1 is 0.947 bits per heavy atom. The Hall–Kier alpha value is -1.90. The summed E-state index contributed by atoms with van der Waals surface area (Å²) in [5.74, 6) is -1.03. The van der Waals surface area contributed by atoms with Crippen LogP contribution in [0, 0.1) is 11.6 Å². The average Bonchev–Trinajstić information content (AvgIpc) is 2.40. The highest BCUT2D eigenvalue weighted by molar-refractivity contribution is 5.51. The van der Waals surface area contributed by atoms with Crippen LogP contribution in [0.4, 0.5) is 14.5 Å². The van der Waals surface area contributed by atoms with E-state index in [1.165, 1.54) is 23.8 Å². The van der Waals surface area contributed by atoms with E-state index in [2.05, 4.69) is 12.2 Å². The van der Waals surface area contributed by atoms with Gasteiger partial charge >= 0.3 is 0 Å². The first-order valence-electron chi connectivity index (χ1n) is 6.47. The van der Waals surface area contributed by atoms with E-state index in [0.29, 0.717) is 0 Å². The van der Waals surface area contributed by atoms with Crippen LogP contribution in [0.15, 0.2) is 42.5 Å². The largest absolute Gasteiger partial charge is 0.381 e. The van der Waals surface area contributed by atoms with Crippen LogP contribution in [0.5, 0.6) is 0 Å². The third-order valence-corrected chi connectivity index (χ3v) is 3.05. The van der Waals surface area contributed by atoms with Crippen LogP contribution in [0.3, 0.4) is 0 Å². The molecule has 1 N–H and O–H groups in total. The summed E-state index contributed by atoms with van der Waals surface area (Å²) in [5.41, 5.74) is 2.18. The molecule has 0 aliphatic carbocycles. The summed E-state index contributed by atoms with van der Waals surface area (Å²) in [7, 11) is 0. The molecule has 2 aromatic carbocycles. The van der Waals surface area contributed by atoms with Crippen molar-refractivity contribution in [2.24, 2.45) is 0 Å². The highest BCUT2D eigenvalue weighted by Crippen LogP contribution is 2.19. The number of aryl methyl sites for hydroxylation is 1. The van der Waals surface area contributed by atoms with Crippen molar-refractivity contribution in [1.82, 2.24) is 0 Å². The molecular formula is C16H17F2N. The van der Waals surface area contributed by atoms with E-state index in [0.717, 1.165) is 18.5 Å². The first kappa shape index (κ1) is 13.5. The van der Waals surface area contributed by atoms with Gasteiger partial charge in [-0.05, 0) is 30.2 Å². The van der Waals surface area contributed by atoms with Gasteiger partial charge in [-0.2, -0.15) is 0 Å². The highest BCUT2D eigenvalue weighted by atomic mass is 19.1. The van der Waals surface area contributed by atoms with Crippen LogP contribution in [0.25, 0.3) is 0 Å². The zero-order chi connectivity index (χ0) is 13.7. The van der Waals surface area contributed by atoms with E-state index < -0.39 is 11.6 Å². The Bertz CT molecular complexity index is 532. The van der Waals surface area contributed by atoms with E-state index in [-0.39, 0.29) is 12.1 Å². The van der Waals surface area contributed by atoms with Gasteiger partial charge in [-0.25, -0.2) is 8.78 Å². The molecule has 0 amide bonds. The summed E-state index contributed by atoms with van der Waals surface area (Å²) in [6, 6.07) is 11.8. The molecule has 0 aromatic heterocycles. The molecule has 0 saturated heterocycles. The number of nitrogens with one attached hydrogen (secondary N) is 1. The minimum absolute atomic E-state index is 0.0776. The van der Waals surface area contributed by atoms with Crippen molar-refractivity contribution >= 4 is 5.69 Å². The molecule has 0 radical (unpaired) electrons. The van der Waals surface area contributed by atoms with Gasteiger partial charge in [0.15, 0.2) is 0 Å². The van der Waals surface area contributed by atoms with Gasteiger partial charge in [0.05, 0.1) is 0 Å². The number of hydrogen-bond donors (Lipinski definition) is 1. The topological polar surface area (TPSA) is 12.0 Å². The normalized spacial score (nSPS) is 10.5. The van der Waals surface area contributed by atoms with Gasteiger partial charge in [-0.3, -0.25) is 0 Å². The van der Waals surface area contributed by atoms with E-state index in [1.54, 1.807) is 0 Å². The van der Waals surface area contributed by atoms with Crippen molar-refractivity contribution in [2.45, 2.75) is 26.3 Å². The van der Waals surface area contributed by atoms with Gasteiger partial charge in [0.2, 0.25) is 0 Å². The number of anilines is 1. The second-order valence-electron chi connectivity index (χ2n) is 4.46. The van der Waals surface area contributed by atoms with Crippen molar-refractivity contribution in [3.63, 3.8) is 0 Å². The van der Waals surface area contributed by atoms with Gasteiger partial charge < -0.3 is 5.32 Å². The van der Waals surface area contributed by atoms with Gasteiger partial charge in [0, 0.05) is 17.8 Å². The van der Waals surface area contributed by atoms with Gasteiger partial charge in [0.1, 0.15) is 11.6 Å². The monoisotopic (exact) mass is 261 g/mol. The fourth-order valence-corrected chi connectivity index (χ4v) is 2.06. The summed E-state index contributed by atoms with van der Waals surface area (Å²) in [6.45, 7) is 2.26.